The van der Waals surface area contributed by atoms with Crippen LogP contribution in [0.15, 0.2) is 0 Å². The van der Waals surface area contributed by atoms with Crippen LogP contribution in [-0.4, -0.2) is 17.4 Å². The normalized spacial score (nSPS) is 13.7. The predicted molar refractivity (Wildman–Crippen MR) is 49.8 cm³/mol. The Bertz CT molecular complexity index is 125. The fourth-order valence-corrected chi connectivity index (χ4v) is 1.20. The van der Waals surface area contributed by atoms with Gasteiger partial charge in [-0.15, -0.1) is 0 Å². The molecule has 1 atom stereocenters. The highest BCUT2D eigenvalue weighted by atomic mass is 32.2. The summed E-state index contributed by atoms with van der Waals surface area (Å²) < 4.78 is 20.7. The second-order valence-corrected chi connectivity index (χ2v) is 3.94. The highest BCUT2D eigenvalue weighted by molar-refractivity contribution is 7.75. The number of hydrogen-bond donors (Lipinski definition) is 0. The fourth-order valence-electron chi connectivity index (χ4n) is 0.497. The molecule has 0 aliphatic carbocycles. The Labute approximate surface area is 77.3 Å². The summed E-state index contributed by atoms with van der Waals surface area (Å²) in [7, 11) is 0. The summed E-state index contributed by atoms with van der Waals surface area (Å²) in [5, 5.41) is 0. The van der Waals surface area contributed by atoms with E-state index in [1.807, 2.05) is 13.8 Å². The van der Waals surface area contributed by atoms with Gasteiger partial charge in [0.2, 0.25) is 0 Å². The zero-order chi connectivity index (χ0) is 9.40. The Morgan fingerprint density at radius 1 is 1.33 bits per heavy atom. The molecule has 0 spiro atoms. The van der Waals surface area contributed by atoms with Gasteiger partial charge in [0.25, 0.3) is 0 Å². The van der Waals surface area contributed by atoms with Crippen LogP contribution in [0.3, 0.4) is 0 Å². The Morgan fingerprint density at radius 2 is 2.00 bits per heavy atom. The largest absolute Gasteiger partial charge is 0.304 e. The van der Waals surface area contributed by atoms with Crippen LogP contribution in [0.4, 0.5) is 0 Å². The Morgan fingerprint density at radius 3 is 2.50 bits per heavy atom. The van der Waals surface area contributed by atoms with Gasteiger partial charge in [-0.05, 0) is 12.3 Å². The van der Waals surface area contributed by atoms with Gasteiger partial charge in [0.15, 0.2) is 0 Å². The van der Waals surface area contributed by atoms with Crippen molar-refractivity contribution in [1.29, 1.82) is 0 Å². The molecule has 0 N–H and O–H groups in total. The Hall–Kier alpha value is 0.0700. The second kappa shape index (κ2) is 7.71. The quantitative estimate of drug-likeness (QED) is 0.582. The lowest BCUT2D eigenvalue weighted by atomic mass is 10.2. The minimum atomic E-state index is -1.54. The van der Waals surface area contributed by atoms with Crippen molar-refractivity contribution in [3.8, 4) is 0 Å². The minimum absolute atomic E-state index is 0.392. The van der Waals surface area contributed by atoms with E-state index in [9.17, 15) is 4.21 Å². The van der Waals surface area contributed by atoms with Crippen molar-refractivity contribution < 1.29 is 12.6 Å². The van der Waals surface area contributed by atoms with Gasteiger partial charge in [-0.1, -0.05) is 27.2 Å². The molecule has 0 fully saturated rings. The second-order valence-electron chi connectivity index (χ2n) is 3.06. The van der Waals surface area contributed by atoms with Crippen molar-refractivity contribution in [1.82, 2.24) is 0 Å². The maximum absolute atomic E-state index is 10.9. The average molecular weight is 194 g/mol. The van der Waals surface area contributed by atoms with E-state index >= 15 is 0 Å². The first kappa shape index (κ1) is 12.1. The minimum Gasteiger partial charge on any atom is -0.268 e. The molecule has 0 rings (SSSR count). The lowest BCUT2D eigenvalue weighted by Crippen LogP contribution is -2.08. The SMILES string of the molecule is CCCCOS(=O)OCC(C)C. The summed E-state index contributed by atoms with van der Waals surface area (Å²) in [6.45, 7) is 7.06. The van der Waals surface area contributed by atoms with Crippen molar-refractivity contribution in [3.05, 3.63) is 0 Å². The molecule has 1 unspecified atom stereocenters. The molecule has 0 aromatic rings. The first-order valence-corrected chi connectivity index (χ1v) is 5.35. The van der Waals surface area contributed by atoms with Gasteiger partial charge in [-0.2, -0.15) is 4.21 Å². The van der Waals surface area contributed by atoms with Gasteiger partial charge in [0.1, 0.15) is 0 Å². The third-order valence-electron chi connectivity index (χ3n) is 1.18. The molecule has 0 heterocycles. The first-order chi connectivity index (χ1) is 5.66. The van der Waals surface area contributed by atoms with Crippen LogP contribution in [0.25, 0.3) is 0 Å². The van der Waals surface area contributed by atoms with Crippen molar-refractivity contribution in [2.45, 2.75) is 33.6 Å². The molecular weight excluding hydrogens is 176 g/mol. The Kier molecular flexibility index (Phi) is 7.75. The van der Waals surface area contributed by atoms with Crippen molar-refractivity contribution in [3.63, 3.8) is 0 Å². The van der Waals surface area contributed by atoms with E-state index in [1.54, 1.807) is 0 Å². The van der Waals surface area contributed by atoms with Crippen LogP contribution in [0.1, 0.15) is 33.6 Å². The maximum atomic E-state index is 10.9. The monoisotopic (exact) mass is 194 g/mol. The lowest BCUT2D eigenvalue weighted by molar-refractivity contribution is 0.226. The third-order valence-corrected chi connectivity index (χ3v) is 1.86. The van der Waals surface area contributed by atoms with Crippen LogP contribution in [0.2, 0.25) is 0 Å². The molecule has 74 valence electrons. The van der Waals surface area contributed by atoms with E-state index in [0.29, 0.717) is 19.1 Å². The molecule has 0 radical (unpaired) electrons. The lowest BCUT2D eigenvalue weighted by Gasteiger charge is -2.04. The predicted octanol–water partition coefficient (Wildman–Crippen LogP) is 2.05. The number of rotatable bonds is 7. The van der Waals surface area contributed by atoms with E-state index in [-0.39, 0.29) is 0 Å². The van der Waals surface area contributed by atoms with Crippen molar-refractivity contribution in [2.75, 3.05) is 13.2 Å². The topological polar surface area (TPSA) is 35.5 Å². The molecule has 0 aromatic heterocycles. The van der Waals surface area contributed by atoms with Gasteiger partial charge in [-0.25, -0.2) is 0 Å². The molecule has 3 nitrogen and oxygen atoms in total. The van der Waals surface area contributed by atoms with Crippen LogP contribution in [0, 0.1) is 5.92 Å². The molecule has 4 heteroatoms. The van der Waals surface area contributed by atoms with Crippen molar-refractivity contribution >= 4 is 11.4 Å². The summed E-state index contributed by atoms with van der Waals surface area (Å²) in [6.07, 6.45) is 1.97. The van der Waals surface area contributed by atoms with Gasteiger partial charge >= 0.3 is 11.4 Å². The number of unbranched alkanes of at least 4 members (excludes halogenated alkanes) is 1. The van der Waals surface area contributed by atoms with Crippen LogP contribution in [-0.2, 0) is 19.7 Å². The van der Waals surface area contributed by atoms with E-state index in [4.69, 9.17) is 8.37 Å². The summed E-state index contributed by atoms with van der Waals surface area (Å²) in [5.74, 6) is 0.392. The van der Waals surface area contributed by atoms with Gasteiger partial charge in [0.05, 0.1) is 13.2 Å². The van der Waals surface area contributed by atoms with E-state index in [1.165, 1.54) is 0 Å². The summed E-state index contributed by atoms with van der Waals surface area (Å²) in [6, 6.07) is 0. The third kappa shape index (κ3) is 8.17. The molecule has 0 aliphatic heterocycles. The summed E-state index contributed by atoms with van der Waals surface area (Å²) >= 11 is -1.54. The molecule has 0 bridgehead atoms. The molecule has 12 heavy (non-hydrogen) atoms. The summed E-state index contributed by atoms with van der Waals surface area (Å²) in [4.78, 5) is 0. The first-order valence-electron chi connectivity index (χ1n) is 4.35. The zero-order valence-electron chi connectivity index (χ0n) is 8.04. The van der Waals surface area contributed by atoms with Gasteiger partial charge < -0.3 is 0 Å². The molecule has 0 aromatic carbocycles. The molecular formula is C8H18O3S. The average Bonchev–Trinajstić information content (AvgIpc) is 2.01. The van der Waals surface area contributed by atoms with Crippen LogP contribution in [0.5, 0.6) is 0 Å². The van der Waals surface area contributed by atoms with E-state index in [0.717, 1.165) is 12.8 Å². The van der Waals surface area contributed by atoms with E-state index in [2.05, 4.69) is 6.92 Å². The summed E-state index contributed by atoms with van der Waals surface area (Å²) in [5.41, 5.74) is 0. The molecule has 0 saturated carbocycles. The maximum Gasteiger partial charge on any atom is 0.304 e. The van der Waals surface area contributed by atoms with Gasteiger partial charge in [0, 0.05) is 0 Å². The van der Waals surface area contributed by atoms with Crippen molar-refractivity contribution in [2.24, 2.45) is 5.92 Å². The molecule has 0 aliphatic rings. The number of hydrogen-bond acceptors (Lipinski definition) is 3. The van der Waals surface area contributed by atoms with E-state index < -0.39 is 11.4 Å². The smallest absolute Gasteiger partial charge is 0.268 e. The highest BCUT2D eigenvalue weighted by Crippen LogP contribution is 1.98. The van der Waals surface area contributed by atoms with Gasteiger partial charge in [-0.3, -0.25) is 8.37 Å². The standard InChI is InChI=1S/C8H18O3S/c1-4-5-6-10-12(9)11-7-8(2)3/h8H,4-7H2,1-3H3. The zero-order valence-corrected chi connectivity index (χ0v) is 8.86. The molecule has 0 saturated heterocycles. The van der Waals surface area contributed by atoms with Crippen LogP contribution >= 0.6 is 0 Å². The highest BCUT2D eigenvalue weighted by Gasteiger charge is 2.01. The Balaban J connectivity index is 3.22. The van der Waals surface area contributed by atoms with Crippen LogP contribution < -0.4 is 0 Å². The fraction of sp³-hybridized carbons (Fsp3) is 1.00. The molecule has 0 amide bonds.